The van der Waals surface area contributed by atoms with Crippen molar-refractivity contribution in [1.82, 2.24) is 9.88 Å². The normalized spacial score (nSPS) is 17.4. The number of ether oxygens (including phenoxy) is 1. The number of aliphatic carboxylic acids is 1. The van der Waals surface area contributed by atoms with Gasteiger partial charge in [-0.25, -0.2) is 17.8 Å². The number of amides is 1. The van der Waals surface area contributed by atoms with Crippen LogP contribution in [0.2, 0.25) is 0 Å². The van der Waals surface area contributed by atoms with Gasteiger partial charge >= 0.3 is 5.97 Å². The highest BCUT2D eigenvalue weighted by Gasteiger charge is 2.46. The van der Waals surface area contributed by atoms with Gasteiger partial charge in [0.25, 0.3) is 0 Å². The molecule has 1 aliphatic rings. The van der Waals surface area contributed by atoms with Crippen molar-refractivity contribution in [1.29, 1.82) is 0 Å². The fraction of sp³-hybridized carbons (Fsp3) is 0.281. The molecule has 4 aromatic rings. The van der Waals surface area contributed by atoms with E-state index in [1.54, 1.807) is 49.5 Å². The van der Waals surface area contributed by atoms with Crippen LogP contribution in [0.1, 0.15) is 43.5 Å². The van der Waals surface area contributed by atoms with Crippen molar-refractivity contribution in [3.63, 3.8) is 0 Å². The molecular formula is C32H33FN4O6S. The minimum absolute atomic E-state index is 0.0118. The molecule has 12 heteroatoms. The fourth-order valence-electron chi connectivity index (χ4n) is 5.74. The van der Waals surface area contributed by atoms with Gasteiger partial charge in [0.05, 0.1) is 29.2 Å². The number of nitrogens with one attached hydrogen (secondary N) is 1. The first kappa shape index (κ1) is 30.7. The molecule has 5 rings (SSSR count). The SMILES string of the molecule is CCOc1ccc(F)c([C@@H](Nc2ccc3c(N)nccc3c2)C(=O)N2CC[C@H](C(=O)O)[C@@H]2c2ccccc2S(=O)(=O)CC)c1. The summed E-state index contributed by atoms with van der Waals surface area (Å²) in [7, 11) is -3.77. The first-order chi connectivity index (χ1) is 21.1. The number of nitrogens with two attached hydrogens (primary N) is 1. The van der Waals surface area contributed by atoms with E-state index in [2.05, 4.69) is 10.3 Å². The van der Waals surface area contributed by atoms with Crippen molar-refractivity contribution in [3.8, 4) is 5.75 Å². The highest BCUT2D eigenvalue weighted by molar-refractivity contribution is 7.91. The zero-order valence-electron chi connectivity index (χ0n) is 24.2. The van der Waals surface area contributed by atoms with Gasteiger partial charge in [-0.05, 0) is 72.8 Å². The maximum absolute atomic E-state index is 15.5. The molecule has 2 heterocycles. The third kappa shape index (κ3) is 5.89. The number of nitrogen functional groups attached to an aromatic ring is 1. The second-order valence-electron chi connectivity index (χ2n) is 10.5. The minimum Gasteiger partial charge on any atom is -0.494 e. The Morgan fingerprint density at radius 3 is 2.64 bits per heavy atom. The van der Waals surface area contributed by atoms with Gasteiger partial charge in [0.1, 0.15) is 23.4 Å². The number of carbonyl (C=O) groups excluding carboxylic acids is 1. The van der Waals surface area contributed by atoms with E-state index in [-0.39, 0.29) is 34.7 Å². The Kier molecular flexibility index (Phi) is 8.73. The van der Waals surface area contributed by atoms with Crippen LogP contribution in [0.4, 0.5) is 15.9 Å². The Balaban J connectivity index is 1.64. The summed E-state index contributed by atoms with van der Waals surface area (Å²) in [4.78, 5) is 32.4. The number of carboxylic acids is 1. The molecule has 1 amide bonds. The molecule has 44 heavy (non-hydrogen) atoms. The number of likely N-dealkylation sites (tertiary alicyclic amines) is 1. The number of fused-ring (bicyclic) bond motifs is 1. The number of rotatable bonds is 10. The molecule has 0 aliphatic carbocycles. The van der Waals surface area contributed by atoms with Gasteiger partial charge in [0.2, 0.25) is 5.91 Å². The summed E-state index contributed by atoms with van der Waals surface area (Å²) in [6, 6.07) is 14.7. The average molecular weight is 621 g/mol. The van der Waals surface area contributed by atoms with Crippen molar-refractivity contribution >= 4 is 44.0 Å². The smallest absolute Gasteiger partial charge is 0.309 e. The van der Waals surface area contributed by atoms with Gasteiger partial charge < -0.3 is 25.8 Å². The predicted molar refractivity (Wildman–Crippen MR) is 164 cm³/mol. The number of sulfone groups is 1. The van der Waals surface area contributed by atoms with Crippen LogP contribution in [0.15, 0.2) is 77.8 Å². The van der Waals surface area contributed by atoms with E-state index < -0.39 is 45.5 Å². The lowest BCUT2D eigenvalue weighted by Gasteiger charge is -2.32. The van der Waals surface area contributed by atoms with Crippen LogP contribution in [0.3, 0.4) is 0 Å². The average Bonchev–Trinajstić information content (AvgIpc) is 3.46. The molecule has 0 spiro atoms. The molecule has 0 bridgehead atoms. The number of pyridine rings is 1. The molecule has 1 aliphatic heterocycles. The summed E-state index contributed by atoms with van der Waals surface area (Å²) in [5.74, 6) is -3.06. The van der Waals surface area contributed by atoms with Crippen molar-refractivity contribution in [2.75, 3.05) is 30.0 Å². The van der Waals surface area contributed by atoms with Crippen LogP contribution in [-0.4, -0.2) is 54.2 Å². The van der Waals surface area contributed by atoms with E-state index in [4.69, 9.17) is 10.5 Å². The molecule has 10 nitrogen and oxygen atoms in total. The molecule has 4 N–H and O–H groups in total. The van der Waals surface area contributed by atoms with Crippen LogP contribution in [0, 0.1) is 11.7 Å². The molecule has 1 fully saturated rings. The Morgan fingerprint density at radius 2 is 1.91 bits per heavy atom. The van der Waals surface area contributed by atoms with Gasteiger partial charge in [-0.2, -0.15) is 0 Å². The van der Waals surface area contributed by atoms with Gasteiger partial charge in [-0.1, -0.05) is 25.1 Å². The number of carboxylic acid groups (broad SMARTS) is 1. The van der Waals surface area contributed by atoms with E-state index in [0.29, 0.717) is 29.2 Å². The summed E-state index contributed by atoms with van der Waals surface area (Å²) in [6.45, 7) is 3.61. The molecule has 230 valence electrons. The van der Waals surface area contributed by atoms with Crippen LogP contribution in [0.25, 0.3) is 10.8 Å². The number of hydrogen-bond acceptors (Lipinski definition) is 8. The number of hydrogen-bond donors (Lipinski definition) is 3. The Labute approximate surface area is 254 Å². The third-order valence-corrected chi connectivity index (χ3v) is 9.70. The zero-order valence-corrected chi connectivity index (χ0v) is 25.1. The van der Waals surface area contributed by atoms with Crippen molar-refractivity contribution in [3.05, 3.63) is 89.9 Å². The lowest BCUT2D eigenvalue weighted by atomic mass is 9.93. The van der Waals surface area contributed by atoms with E-state index in [1.165, 1.54) is 42.2 Å². The largest absolute Gasteiger partial charge is 0.494 e. The second kappa shape index (κ2) is 12.5. The molecule has 0 saturated carbocycles. The van der Waals surface area contributed by atoms with Crippen molar-refractivity contribution < 1.29 is 32.2 Å². The molecule has 1 aromatic heterocycles. The highest BCUT2D eigenvalue weighted by atomic mass is 32.2. The summed E-state index contributed by atoms with van der Waals surface area (Å²) in [5, 5.41) is 14.7. The zero-order chi connectivity index (χ0) is 31.6. The van der Waals surface area contributed by atoms with Gasteiger partial charge in [0.15, 0.2) is 9.84 Å². The number of halogens is 1. The highest BCUT2D eigenvalue weighted by Crippen LogP contribution is 2.42. The van der Waals surface area contributed by atoms with E-state index >= 15 is 4.39 Å². The standard InChI is InChI=1S/C32H33FN4O6S/c1-3-43-21-10-12-26(33)25(18-21)28(36-20-9-11-22-19(17-20)13-15-35-30(22)34)31(38)37-16-14-24(32(39)40)29(37)23-7-5-6-8-27(23)44(41,42)4-2/h5-13,15,17-18,24,28-29,36H,3-4,14,16H2,1-2H3,(H2,34,35)(H,39,40)/t24-,28+,29-/m0/s1. The van der Waals surface area contributed by atoms with Crippen LogP contribution in [-0.2, 0) is 19.4 Å². The Hall–Kier alpha value is -4.71. The van der Waals surface area contributed by atoms with Crippen LogP contribution < -0.4 is 15.8 Å². The summed E-state index contributed by atoms with van der Waals surface area (Å²) >= 11 is 0. The molecule has 0 radical (unpaired) electrons. The molecule has 3 atom stereocenters. The first-order valence-corrected chi connectivity index (χ1v) is 15.9. The first-order valence-electron chi connectivity index (χ1n) is 14.2. The van der Waals surface area contributed by atoms with Crippen molar-refractivity contribution in [2.24, 2.45) is 5.92 Å². The van der Waals surface area contributed by atoms with Crippen LogP contribution in [0.5, 0.6) is 5.75 Å². The third-order valence-electron chi connectivity index (χ3n) is 7.89. The number of benzene rings is 3. The molecule has 1 saturated heterocycles. The minimum atomic E-state index is -3.77. The Bertz CT molecular complexity index is 1830. The van der Waals surface area contributed by atoms with Crippen LogP contribution >= 0.6 is 0 Å². The van der Waals surface area contributed by atoms with Gasteiger partial charge in [-0.15, -0.1) is 0 Å². The maximum Gasteiger partial charge on any atom is 0.309 e. The monoisotopic (exact) mass is 620 g/mol. The Morgan fingerprint density at radius 1 is 1.14 bits per heavy atom. The number of aromatic nitrogens is 1. The quantitative estimate of drug-likeness (QED) is 0.223. The van der Waals surface area contributed by atoms with E-state index in [0.717, 1.165) is 5.39 Å². The second-order valence-corrected chi connectivity index (χ2v) is 12.7. The predicted octanol–water partition coefficient (Wildman–Crippen LogP) is 4.98. The fourth-order valence-corrected chi connectivity index (χ4v) is 6.89. The summed E-state index contributed by atoms with van der Waals surface area (Å²) in [5.41, 5.74) is 6.68. The molecular weight excluding hydrogens is 587 g/mol. The number of carbonyl (C=O) groups is 2. The van der Waals surface area contributed by atoms with Gasteiger partial charge in [0, 0.05) is 29.4 Å². The maximum atomic E-state index is 15.5. The number of anilines is 2. The van der Waals surface area contributed by atoms with Crippen molar-refractivity contribution in [2.45, 2.75) is 37.2 Å². The van der Waals surface area contributed by atoms with Gasteiger partial charge in [-0.3, -0.25) is 9.59 Å². The topological polar surface area (TPSA) is 152 Å². The molecule has 3 aromatic carbocycles. The lowest BCUT2D eigenvalue weighted by molar-refractivity contribution is -0.143. The van der Waals surface area contributed by atoms with E-state index in [1.807, 2.05) is 0 Å². The molecule has 0 unspecified atom stereocenters. The summed E-state index contributed by atoms with van der Waals surface area (Å²) in [6.07, 6.45) is 1.64. The van der Waals surface area contributed by atoms with E-state index in [9.17, 15) is 23.1 Å². The number of nitrogens with zero attached hydrogens (tertiary/aromatic N) is 2. The summed E-state index contributed by atoms with van der Waals surface area (Å²) < 4.78 is 47.3. The lowest BCUT2D eigenvalue weighted by Crippen LogP contribution is -2.40.